The molecule has 0 spiro atoms. The molecule has 12 nitrogen and oxygen atoms in total. The molecule has 1 aliphatic carbocycles. The molecule has 0 bridgehead atoms. The highest BCUT2D eigenvalue weighted by Gasteiger charge is 2.46. The summed E-state index contributed by atoms with van der Waals surface area (Å²) in [6.45, 7) is 3.15. The van der Waals surface area contributed by atoms with E-state index < -0.39 is 67.2 Å². The summed E-state index contributed by atoms with van der Waals surface area (Å²) in [5, 5.41) is 58.9. The van der Waals surface area contributed by atoms with Gasteiger partial charge >= 0.3 is 11.9 Å². The molecule has 0 radical (unpaired) electrons. The van der Waals surface area contributed by atoms with Crippen LogP contribution in [0.25, 0.3) is 6.08 Å². The van der Waals surface area contributed by atoms with Gasteiger partial charge in [0.25, 0.3) is 0 Å². The molecular formula is C27H34O12. The number of carbonyl (C=O) groups excluding carboxylic acids is 2. The van der Waals surface area contributed by atoms with Gasteiger partial charge in [0.15, 0.2) is 17.8 Å². The maximum absolute atomic E-state index is 12.5. The smallest absolute Gasteiger partial charge is 0.333 e. The fraction of sp³-hybridized carbons (Fsp3) is 0.481. The third-order valence-electron chi connectivity index (χ3n) is 6.80. The summed E-state index contributed by atoms with van der Waals surface area (Å²) in [4.78, 5) is 24.7. The molecule has 39 heavy (non-hydrogen) atoms. The van der Waals surface area contributed by atoms with Gasteiger partial charge in [-0.1, -0.05) is 18.2 Å². The van der Waals surface area contributed by atoms with Crippen LogP contribution in [-0.2, 0) is 28.5 Å². The van der Waals surface area contributed by atoms with Crippen molar-refractivity contribution in [3.8, 4) is 11.5 Å². The van der Waals surface area contributed by atoms with Crippen molar-refractivity contribution in [2.24, 2.45) is 11.8 Å². The maximum atomic E-state index is 12.5. The van der Waals surface area contributed by atoms with E-state index in [1.54, 1.807) is 12.2 Å². The average molecular weight is 551 g/mol. The van der Waals surface area contributed by atoms with E-state index in [4.69, 9.17) is 18.9 Å². The second-order valence-corrected chi connectivity index (χ2v) is 9.22. The number of methoxy groups -OCH3 is 1. The molecule has 8 atom stereocenters. The Bertz CT molecular complexity index is 1080. The predicted octanol–water partition coefficient (Wildman–Crippen LogP) is 0.151. The third-order valence-corrected chi connectivity index (χ3v) is 6.80. The molecule has 6 N–H and O–H groups in total. The maximum Gasteiger partial charge on any atom is 0.333 e. The van der Waals surface area contributed by atoms with Crippen LogP contribution in [0.15, 0.2) is 48.6 Å². The number of benzene rings is 1. The number of rotatable bonds is 10. The van der Waals surface area contributed by atoms with Gasteiger partial charge in [0.2, 0.25) is 0 Å². The lowest BCUT2D eigenvalue weighted by molar-refractivity contribution is -0.314. The Morgan fingerprint density at radius 3 is 2.51 bits per heavy atom. The highest BCUT2D eigenvalue weighted by atomic mass is 16.7. The Morgan fingerprint density at radius 2 is 1.87 bits per heavy atom. The molecule has 1 aromatic rings. The van der Waals surface area contributed by atoms with Gasteiger partial charge in [-0.15, -0.1) is 6.58 Å². The van der Waals surface area contributed by atoms with E-state index in [0.29, 0.717) is 11.1 Å². The van der Waals surface area contributed by atoms with Gasteiger partial charge in [-0.3, -0.25) is 0 Å². The van der Waals surface area contributed by atoms with Crippen LogP contribution < -0.4 is 0 Å². The van der Waals surface area contributed by atoms with Crippen LogP contribution in [0.3, 0.4) is 0 Å². The number of esters is 2. The molecule has 1 saturated heterocycles. The molecule has 2 aliphatic rings. The van der Waals surface area contributed by atoms with E-state index >= 15 is 0 Å². The van der Waals surface area contributed by atoms with E-state index in [1.165, 1.54) is 31.4 Å². The molecule has 1 aromatic carbocycles. The highest BCUT2D eigenvalue weighted by molar-refractivity contribution is 5.89. The van der Waals surface area contributed by atoms with Crippen molar-refractivity contribution >= 4 is 18.0 Å². The van der Waals surface area contributed by atoms with Crippen molar-refractivity contribution in [1.82, 2.24) is 0 Å². The van der Waals surface area contributed by atoms with Crippen LogP contribution in [-0.4, -0.2) is 99.7 Å². The third kappa shape index (κ3) is 7.24. The Labute approximate surface area is 225 Å². The van der Waals surface area contributed by atoms with Crippen molar-refractivity contribution in [1.29, 1.82) is 0 Å². The number of aliphatic hydroxyl groups is 4. The Balaban J connectivity index is 1.68. The Kier molecular flexibility index (Phi) is 10.6. The molecule has 1 heterocycles. The van der Waals surface area contributed by atoms with Gasteiger partial charge in [-0.05, 0) is 36.6 Å². The second-order valence-electron chi connectivity index (χ2n) is 9.22. The fourth-order valence-corrected chi connectivity index (χ4v) is 4.68. The van der Waals surface area contributed by atoms with Crippen LogP contribution >= 0.6 is 0 Å². The molecule has 214 valence electrons. The minimum absolute atomic E-state index is 0.0832. The van der Waals surface area contributed by atoms with E-state index in [-0.39, 0.29) is 30.9 Å². The molecule has 1 aliphatic heterocycles. The minimum Gasteiger partial charge on any atom is -0.504 e. The second kappa shape index (κ2) is 13.7. The number of phenols is 2. The molecule has 12 heteroatoms. The van der Waals surface area contributed by atoms with E-state index in [0.717, 1.165) is 6.08 Å². The number of phenolic OH excluding ortho intramolecular Hbond substituents is 2. The first-order chi connectivity index (χ1) is 18.6. The lowest BCUT2D eigenvalue weighted by Gasteiger charge is -2.43. The van der Waals surface area contributed by atoms with Gasteiger partial charge in [-0.2, -0.15) is 0 Å². The van der Waals surface area contributed by atoms with Crippen LogP contribution in [0.2, 0.25) is 0 Å². The molecule has 3 rings (SSSR count). The van der Waals surface area contributed by atoms with Crippen molar-refractivity contribution in [3.63, 3.8) is 0 Å². The molecule has 0 amide bonds. The van der Waals surface area contributed by atoms with Crippen LogP contribution in [0.4, 0.5) is 0 Å². The molecule has 1 fully saturated rings. The van der Waals surface area contributed by atoms with Gasteiger partial charge < -0.3 is 49.6 Å². The number of ether oxygens (including phenoxy) is 4. The SMILES string of the molecule is C=CC1C(OC2OC(CO)C(O)C(O)C2O)CC=C(C(=O)OC)C1CCOC(=O)C=Cc1ccc(O)c(O)c1. The summed E-state index contributed by atoms with van der Waals surface area (Å²) in [6, 6.07) is 4.06. The molecule has 0 saturated carbocycles. The number of aromatic hydroxyl groups is 2. The number of carbonyl (C=O) groups is 2. The summed E-state index contributed by atoms with van der Waals surface area (Å²) in [6.07, 6.45) is -1.81. The van der Waals surface area contributed by atoms with Crippen LogP contribution in [0.5, 0.6) is 11.5 Å². The number of aliphatic hydroxyl groups excluding tert-OH is 4. The standard InChI is InChI=1S/C27H34O12/c1-3-15-16(10-11-37-22(31)9-5-14-4-7-18(29)19(30)12-14)17(26(35)36-2)6-8-20(15)38-27-25(34)24(33)23(32)21(13-28)39-27/h3-7,9,12,15-16,20-21,23-25,27-30,32-34H,1,8,10-11,13H2,2H3. The van der Waals surface area contributed by atoms with E-state index in [9.17, 15) is 40.2 Å². The normalized spacial score (nSPS) is 30.9. The molecular weight excluding hydrogens is 516 g/mol. The first-order valence-electron chi connectivity index (χ1n) is 12.3. The van der Waals surface area contributed by atoms with E-state index in [2.05, 4.69) is 6.58 Å². The first kappa shape index (κ1) is 30.3. The monoisotopic (exact) mass is 550 g/mol. The molecule has 8 unspecified atom stereocenters. The topological polar surface area (TPSA) is 192 Å². The minimum atomic E-state index is -1.61. The van der Waals surface area contributed by atoms with Crippen molar-refractivity contribution in [2.75, 3.05) is 20.3 Å². The molecule has 0 aromatic heterocycles. The van der Waals surface area contributed by atoms with E-state index in [1.807, 2.05) is 0 Å². The zero-order valence-electron chi connectivity index (χ0n) is 21.3. The van der Waals surface area contributed by atoms with Crippen molar-refractivity contribution < 1.29 is 59.2 Å². The summed E-state index contributed by atoms with van der Waals surface area (Å²) in [5.74, 6) is -2.94. The number of hydrogen-bond donors (Lipinski definition) is 6. The van der Waals surface area contributed by atoms with Gasteiger partial charge in [0.1, 0.15) is 24.4 Å². The van der Waals surface area contributed by atoms with Crippen LogP contribution in [0.1, 0.15) is 18.4 Å². The zero-order valence-corrected chi connectivity index (χ0v) is 21.3. The lowest BCUT2D eigenvalue weighted by atomic mass is 9.75. The van der Waals surface area contributed by atoms with Gasteiger partial charge in [0.05, 0.1) is 26.4 Å². The fourth-order valence-electron chi connectivity index (χ4n) is 4.68. The van der Waals surface area contributed by atoms with Crippen LogP contribution in [0, 0.1) is 11.8 Å². The summed E-state index contributed by atoms with van der Waals surface area (Å²) in [5.41, 5.74) is 0.799. The number of hydrogen-bond acceptors (Lipinski definition) is 12. The van der Waals surface area contributed by atoms with Gasteiger partial charge in [-0.25, -0.2) is 9.59 Å². The average Bonchev–Trinajstić information content (AvgIpc) is 2.93. The Morgan fingerprint density at radius 1 is 1.13 bits per heavy atom. The summed E-state index contributed by atoms with van der Waals surface area (Å²) >= 11 is 0. The largest absolute Gasteiger partial charge is 0.504 e. The van der Waals surface area contributed by atoms with Crippen molar-refractivity contribution in [2.45, 2.75) is 49.7 Å². The van der Waals surface area contributed by atoms with Gasteiger partial charge in [0, 0.05) is 23.5 Å². The van der Waals surface area contributed by atoms with Crippen molar-refractivity contribution in [3.05, 3.63) is 54.1 Å². The predicted molar refractivity (Wildman–Crippen MR) is 135 cm³/mol. The Hall–Kier alpha value is -3.26. The summed E-state index contributed by atoms with van der Waals surface area (Å²) < 4.78 is 21.6. The zero-order chi connectivity index (χ0) is 28.7. The summed E-state index contributed by atoms with van der Waals surface area (Å²) in [7, 11) is 1.24. The first-order valence-corrected chi connectivity index (χ1v) is 12.3. The lowest BCUT2D eigenvalue weighted by Crippen LogP contribution is -2.60. The highest BCUT2D eigenvalue weighted by Crippen LogP contribution is 2.38. The quantitative estimate of drug-likeness (QED) is 0.100.